The topological polar surface area (TPSA) is 12.0 Å². The number of hydrogen-bond acceptors (Lipinski definition) is 1. The van der Waals surface area contributed by atoms with Crippen LogP contribution in [0.25, 0.3) is 0 Å². The normalized spacial score (nSPS) is 14.6. The molecule has 0 fully saturated rings. The van der Waals surface area contributed by atoms with Gasteiger partial charge in [-0.25, -0.2) is 0 Å². The van der Waals surface area contributed by atoms with Gasteiger partial charge in [-0.2, -0.15) is 0 Å². The van der Waals surface area contributed by atoms with Crippen LogP contribution >= 0.6 is 23.2 Å². The Labute approximate surface area is 207 Å². The molecule has 1 nitrogen and oxygen atoms in total. The van der Waals surface area contributed by atoms with Gasteiger partial charge in [-0.1, -0.05) is 117 Å². The van der Waals surface area contributed by atoms with Crippen LogP contribution in [0.1, 0.15) is 149 Å². The molecule has 0 aromatic carbocycles. The minimum Gasteiger partial charge on any atom is -0.311 e. The lowest BCUT2D eigenvalue weighted by Crippen LogP contribution is -2.41. The van der Waals surface area contributed by atoms with Crippen molar-refractivity contribution in [3.63, 3.8) is 0 Å². The molecule has 0 spiro atoms. The Kier molecular flexibility index (Phi) is 25.6. The standard InChI is InChI=1S/C28H57Cl2N/c1-4-26(3)28(23-19-15-11-7-6-8-12-16-20-24-29)31-27(5-2)22-18-14-10-9-13-17-21-25-30/h26-28,31H,4-25H2,1-3H3. The number of unbranched alkanes of at least 4 members (excludes halogenated alkanes) is 14. The second kappa shape index (κ2) is 25.2. The van der Waals surface area contributed by atoms with Crippen molar-refractivity contribution in [3.8, 4) is 0 Å². The fourth-order valence-corrected chi connectivity index (χ4v) is 4.97. The number of halogens is 2. The fraction of sp³-hybridized carbons (Fsp3) is 1.00. The lowest BCUT2D eigenvalue weighted by Gasteiger charge is -2.29. The van der Waals surface area contributed by atoms with E-state index in [4.69, 9.17) is 23.2 Å². The van der Waals surface area contributed by atoms with Gasteiger partial charge in [-0.3, -0.25) is 0 Å². The van der Waals surface area contributed by atoms with E-state index in [9.17, 15) is 0 Å². The maximum Gasteiger partial charge on any atom is 0.0223 e. The molecule has 0 aliphatic heterocycles. The summed E-state index contributed by atoms with van der Waals surface area (Å²) in [5, 5.41) is 4.08. The molecule has 31 heavy (non-hydrogen) atoms. The highest BCUT2D eigenvalue weighted by atomic mass is 35.5. The Hall–Kier alpha value is 0.540. The molecule has 0 radical (unpaired) electrons. The van der Waals surface area contributed by atoms with Crippen LogP contribution in [0, 0.1) is 5.92 Å². The van der Waals surface area contributed by atoms with E-state index in [1.54, 1.807) is 0 Å². The third kappa shape index (κ3) is 20.9. The summed E-state index contributed by atoms with van der Waals surface area (Å²) in [6.07, 6.45) is 27.1. The van der Waals surface area contributed by atoms with Crippen molar-refractivity contribution in [1.29, 1.82) is 0 Å². The van der Waals surface area contributed by atoms with E-state index < -0.39 is 0 Å². The summed E-state index contributed by atoms with van der Waals surface area (Å²) in [4.78, 5) is 0. The molecule has 0 amide bonds. The summed E-state index contributed by atoms with van der Waals surface area (Å²) in [7, 11) is 0. The molecular formula is C28H57Cl2N. The molecule has 0 heterocycles. The van der Waals surface area contributed by atoms with Crippen LogP contribution in [0.3, 0.4) is 0 Å². The first kappa shape index (κ1) is 31.5. The average molecular weight is 479 g/mol. The first-order valence-electron chi connectivity index (χ1n) is 14.1. The zero-order valence-corrected chi connectivity index (χ0v) is 23.1. The van der Waals surface area contributed by atoms with Gasteiger partial charge in [0.05, 0.1) is 0 Å². The van der Waals surface area contributed by atoms with Gasteiger partial charge in [0.15, 0.2) is 0 Å². The van der Waals surface area contributed by atoms with Crippen molar-refractivity contribution in [2.45, 2.75) is 161 Å². The first-order chi connectivity index (χ1) is 15.2. The molecule has 3 atom stereocenters. The summed E-state index contributed by atoms with van der Waals surface area (Å²) >= 11 is 11.5. The van der Waals surface area contributed by atoms with E-state index in [0.717, 1.165) is 17.7 Å². The molecule has 0 aromatic heterocycles. The van der Waals surface area contributed by atoms with Gasteiger partial charge < -0.3 is 5.32 Å². The number of alkyl halides is 2. The van der Waals surface area contributed by atoms with E-state index in [-0.39, 0.29) is 0 Å². The van der Waals surface area contributed by atoms with Gasteiger partial charge in [-0.05, 0) is 38.0 Å². The molecule has 0 aliphatic carbocycles. The quantitative estimate of drug-likeness (QED) is 0.102. The number of nitrogens with one attached hydrogen (secondary N) is 1. The zero-order valence-electron chi connectivity index (χ0n) is 21.5. The predicted molar refractivity (Wildman–Crippen MR) is 145 cm³/mol. The smallest absolute Gasteiger partial charge is 0.0223 e. The van der Waals surface area contributed by atoms with Crippen molar-refractivity contribution < 1.29 is 0 Å². The summed E-state index contributed by atoms with van der Waals surface area (Å²) in [5.74, 6) is 2.45. The minimum absolute atomic E-state index is 0.709. The second-order valence-corrected chi connectivity index (χ2v) is 10.6. The number of rotatable bonds is 25. The largest absolute Gasteiger partial charge is 0.311 e. The van der Waals surface area contributed by atoms with Crippen molar-refractivity contribution in [3.05, 3.63) is 0 Å². The van der Waals surface area contributed by atoms with E-state index in [1.807, 2.05) is 0 Å². The second-order valence-electron chi connectivity index (χ2n) is 9.88. The van der Waals surface area contributed by atoms with E-state index >= 15 is 0 Å². The van der Waals surface area contributed by atoms with Crippen molar-refractivity contribution in [2.75, 3.05) is 11.8 Å². The van der Waals surface area contributed by atoms with Crippen LogP contribution in [0.15, 0.2) is 0 Å². The Morgan fingerprint density at radius 3 is 1.29 bits per heavy atom. The van der Waals surface area contributed by atoms with Crippen molar-refractivity contribution in [1.82, 2.24) is 5.32 Å². The molecule has 0 aromatic rings. The van der Waals surface area contributed by atoms with Crippen molar-refractivity contribution >= 4 is 23.2 Å². The predicted octanol–water partition coefficient (Wildman–Crippen LogP) is 10.3. The fourth-order valence-electron chi connectivity index (χ4n) is 4.59. The Balaban J connectivity index is 3.92. The third-order valence-corrected chi connectivity index (χ3v) is 7.64. The molecule has 0 aliphatic rings. The molecular weight excluding hydrogens is 421 g/mol. The van der Waals surface area contributed by atoms with Crippen LogP contribution in [0.5, 0.6) is 0 Å². The molecule has 0 bridgehead atoms. The maximum atomic E-state index is 5.76. The highest BCUT2D eigenvalue weighted by Gasteiger charge is 2.18. The average Bonchev–Trinajstić information content (AvgIpc) is 2.79. The van der Waals surface area contributed by atoms with Gasteiger partial charge in [0.25, 0.3) is 0 Å². The highest BCUT2D eigenvalue weighted by Crippen LogP contribution is 2.19. The van der Waals surface area contributed by atoms with E-state index in [1.165, 1.54) is 128 Å². The van der Waals surface area contributed by atoms with Crippen LogP contribution in [0.4, 0.5) is 0 Å². The Bertz CT molecular complexity index is 337. The highest BCUT2D eigenvalue weighted by molar-refractivity contribution is 6.18. The van der Waals surface area contributed by atoms with Crippen LogP contribution < -0.4 is 5.32 Å². The summed E-state index contributed by atoms with van der Waals surface area (Å²) in [6.45, 7) is 7.17. The van der Waals surface area contributed by atoms with E-state index in [2.05, 4.69) is 26.1 Å². The maximum absolute atomic E-state index is 5.76. The first-order valence-corrected chi connectivity index (χ1v) is 15.1. The summed E-state index contributed by atoms with van der Waals surface area (Å²) in [6, 6.07) is 1.42. The Morgan fingerprint density at radius 1 is 0.516 bits per heavy atom. The SMILES string of the molecule is CCC(CCCCCCCCCCl)NC(CCCCCCCCCCCCl)C(C)CC. The third-order valence-electron chi connectivity index (χ3n) is 7.11. The zero-order chi connectivity index (χ0) is 23.0. The monoisotopic (exact) mass is 477 g/mol. The van der Waals surface area contributed by atoms with Gasteiger partial charge in [0, 0.05) is 23.8 Å². The molecule has 1 N–H and O–H groups in total. The molecule has 0 rings (SSSR count). The van der Waals surface area contributed by atoms with Crippen molar-refractivity contribution in [2.24, 2.45) is 5.92 Å². The van der Waals surface area contributed by atoms with Gasteiger partial charge >= 0.3 is 0 Å². The molecule has 3 heteroatoms. The molecule has 188 valence electrons. The van der Waals surface area contributed by atoms with Crippen LogP contribution in [0.2, 0.25) is 0 Å². The minimum atomic E-state index is 0.709. The van der Waals surface area contributed by atoms with Gasteiger partial charge in [0.2, 0.25) is 0 Å². The van der Waals surface area contributed by atoms with Crippen LogP contribution in [-0.2, 0) is 0 Å². The molecule has 0 saturated heterocycles. The molecule has 3 unspecified atom stereocenters. The lowest BCUT2D eigenvalue weighted by molar-refractivity contribution is 0.289. The van der Waals surface area contributed by atoms with Gasteiger partial charge in [0.1, 0.15) is 0 Å². The van der Waals surface area contributed by atoms with Crippen LogP contribution in [-0.4, -0.2) is 23.8 Å². The lowest BCUT2D eigenvalue weighted by atomic mass is 9.92. The van der Waals surface area contributed by atoms with E-state index in [0.29, 0.717) is 12.1 Å². The Morgan fingerprint density at radius 2 is 0.903 bits per heavy atom. The molecule has 0 saturated carbocycles. The summed E-state index contributed by atoms with van der Waals surface area (Å²) in [5.41, 5.74) is 0. The summed E-state index contributed by atoms with van der Waals surface area (Å²) < 4.78 is 0. The van der Waals surface area contributed by atoms with Gasteiger partial charge in [-0.15, -0.1) is 23.2 Å². The number of hydrogen-bond donors (Lipinski definition) is 1.